The van der Waals surface area contributed by atoms with Crippen LogP contribution in [0, 0.1) is 6.92 Å². The van der Waals surface area contributed by atoms with E-state index in [1.54, 1.807) is 49.4 Å². The Morgan fingerprint density at radius 2 is 1.94 bits per heavy atom. The maximum Gasteiger partial charge on any atom is 0.345 e. The lowest BCUT2D eigenvalue weighted by Crippen LogP contribution is -2.39. The molecule has 2 aromatic carbocycles. The lowest BCUT2D eigenvalue weighted by Gasteiger charge is -2.26. The van der Waals surface area contributed by atoms with Gasteiger partial charge in [0.2, 0.25) is 0 Å². The average Bonchev–Trinajstić information content (AvgIpc) is 2.85. The molecule has 3 aromatic rings. The molecule has 34 heavy (non-hydrogen) atoms. The van der Waals surface area contributed by atoms with Crippen molar-refractivity contribution < 1.29 is 14.6 Å². The Morgan fingerprint density at radius 1 is 1.12 bits per heavy atom. The molecular formula is C26H30N4O4. The second kappa shape index (κ2) is 11.0. The third kappa shape index (κ3) is 6.23. The summed E-state index contributed by atoms with van der Waals surface area (Å²) in [6.07, 6.45) is 3.75. The number of amides is 1. The number of likely N-dealkylation sites (tertiary alicyclic amines) is 1. The number of carbonyl (C=O) groups is 1. The summed E-state index contributed by atoms with van der Waals surface area (Å²) in [6.45, 7) is 5.39. The number of hydrogen-bond acceptors (Lipinski definition) is 6. The summed E-state index contributed by atoms with van der Waals surface area (Å²) >= 11 is 0. The fourth-order valence-electron chi connectivity index (χ4n) is 4.07. The number of phenolic OH excluding ortho intramolecular Hbond substituents is 1. The molecule has 0 atom stereocenters. The van der Waals surface area contributed by atoms with Gasteiger partial charge in [-0.1, -0.05) is 18.6 Å². The van der Waals surface area contributed by atoms with Crippen LogP contribution in [0.25, 0.3) is 22.5 Å². The molecule has 2 heterocycles. The summed E-state index contributed by atoms with van der Waals surface area (Å²) in [5.74, 6) is 0.551. The van der Waals surface area contributed by atoms with Crippen molar-refractivity contribution >= 4 is 5.91 Å². The SMILES string of the molecule is Cc1cc(-c2cc(-c3cccc(OCC(=O)NCCN4CCCCC4)c3)nc(=O)[nH]2)ccc1O. The maximum atomic E-state index is 12.2. The van der Waals surface area contributed by atoms with Crippen LogP contribution in [0.4, 0.5) is 0 Å². The summed E-state index contributed by atoms with van der Waals surface area (Å²) < 4.78 is 5.68. The van der Waals surface area contributed by atoms with E-state index in [9.17, 15) is 14.7 Å². The van der Waals surface area contributed by atoms with E-state index in [4.69, 9.17) is 4.74 Å². The van der Waals surface area contributed by atoms with Gasteiger partial charge in [0.05, 0.1) is 11.4 Å². The van der Waals surface area contributed by atoms with E-state index in [2.05, 4.69) is 20.2 Å². The number of aromatic hydroxyl groups is 1. The number of ether oxygens (including phenoxy) is 1. The van der Waals surface area contributed by atoms with Crippen molar-refractivity contribution in [3.05, 3.63) is 64.6 Å². The standard InChI is InChI=1S/C26H30N4O4/c1-18-14-20(8-9-24(18)31)23-16-22(28-26(33)29-23)19-6-5-7-21(15-19)34-17-25(32)27-10-13-30-11-3-2-4-12-30/h5-9,14-16,31H,2-4,10-13,17H2,1H3,(H,27,32)(H,28,29,33). The van der Waals surface area contributed by atoms with Gasteiger partial charge in [-0.3, -0.25) is 4.79 Å². The van der Waals surface area contributed by atoms with Crippen LogP contribution in [-0.2, 0) is 4.79 Å². The van der Waals surface area contributed by atoms with Gasteiger partial charge in [-0.2, -0.15) is 4.98 Å². The Morgan fingerprint density at radius 3 is 2.74 bits per heavy atom. The minimum absolute atomic E-state index is 0.0791. The molecule has 178 valence electrons. The van der Waals surface area contributed by atoms with Crippen molar-refractivity contribution in [3.63, 3.8) is 0 Å². The van der Waals surface area contributed by atoms with E-state index >= 15 is 0 Å². The number of piperidine rings is 1. The lowest BCUT2D eigenvalue weighted by atomic mass is 10.1. The van der Waals surface area contributed by atoms with Gasteiger partial charge in [-0.25, -0.2) is 4.79 Å². The third-order valence-corrected chi connectivity index (χ3v) is 5.95. The highest BCUT2D eigenvalue weighted by molar-refractivity contribution is 5.77. The van der Waals surface area contributed by atoms with Gasteiger partial charge in [0.15, 0.2) is 6.61 Å². The number of benzene rings is 2. The summed E-state index contributed by atoms with van der Waals surface area (Å²) in [5.41, 5.74) is 2.79. The molecule has 0 bridgehead atoms. The zero-order chi connectivity index (χ0) is 23.9. The van der Waals surface area contributed by atoms with Crippen LogP contribution in [-0.4, -0.2) is 58.7 Å². The predicted octanol–water partition coefficient (Wildman–Crippen LogP) is 3.10. The number of rotatable bonds is 8. The smallest absolute Gasteiger partial charge is 0.345 e. The van der Waals surface area contributed by atoms with Gasteiger partial charge in [-0.05, 0) is 80.4 Å². The Hall–Kier alpha value is -3.65. The highest BCUT2D eigenvalue weighted by Gasteiger charge is 2.11. The van der Waals surface area contributed by atoms with Crippen LogP contribution in [0.3, 0.4) is 0 Å². The first kappa shape index (κ1) is 23.5. The van der Waals surface area contributed by atoms with E-state index in [-0.39, 0.29) is 18.3 Å². The Labute approximate surface area is 198 Å². The fourth-order valence-corrected chi connectivity index (χ4v) is 4.07. The number of aryl methyl sites for hydroxylation is 1. The van der Waals surface area contributed by atoms with Crippen LogP contribution in [0.1, 0.15) is 24.8 Å². The summed E-state index contributed by atoms with van der Waals surface area (Å²) in [4.78, 5) is 33.6. The normalized spacial score (nSPS) is 14.0. The van der Waals surface area contributed by atoms with Crippen molar-refractivity contribution in [2.45, 2.75) is 26.2 Å². The first-order valence-electron chi connectivity index (χ1n) is 11.6. The van der Waals surface area contributed by atoms with E-state index < -0.39 is 5.69 Å². The van der Waals surface area contributed by atoms with Gasteiger partial charge in [0.1, 0.15) is 11.5 Å². The summed E-state index contributed by atoms with van der Waals surface area (Å²) in [6, 6.07) is 14.1. The zero-order valence-electron chi connectivity index (χ0n) is 19.3. The molecule has 1 saturated heterocycles. The Bertz CT molecular complexity index is 1200. The summed E-state index contributed by atoms with van der Waals surface area (Å²) in [5, 5.41) is 12.7. The molecule has 0 saturated carbocycles. The Kier molecular flexibility index (Phi) is 7.59. The van der Waals surface area contributed by atoms with Crippen LogP contribution >= 0.6 is 0 Å². The van der Waals surface area contributed by atoms with Crippen LogP contribution < -0.4 is 15.7 Å². The van der Waals surface area contributed by atoms with Gasteiger partial charge in [0, 0.05) is 18.7 Å². The zero-order valence-corrected chi connectivity index (χ0v) is 19.3. The predicted molar refractivity (Wildman–Crippen MR) is 131 cm³/mol. The maximum absolute atomic E-state index is 12.2. The minimum Gasteiger partial charge on any atom is -0.508 e. The molecule has 0 spiro atoms. The number of nitrogens with one attached hydrogen (secondary N) is 2. The van der Waals surface area contributed by atoms with Crippen molar-refractivity contribution in [1.82, 2.24) is 20.2 Å². The largest absolute Gasteiger partial charge is 0.508 e. The molecule has 1 amide bonds. The molecule has 1 aliphatic heterocycles. The topological polar surface area (TPSA) is 108 Å². The molecule has 1 fully saturated rings. The van der Waals surface area contributed by atoms with Crippen molar-refractivity contribution in [2.24, 2.45) is 0 Å². The number of H-pyrrole nitrogens is 1. The molecule has 0 aliphatic carbocycles. The molecule has 1 aromatic heterocycles. The third-order valence-electron chi connectivity index (χ3n) is 5.95. The first-order valence-corrected chi connectivity index (χ1v) is 11.6. The van der Waals surface area contributed by atoms with Crippen molar-refractivity contribution in [2.75, 3.05) is 32.8 Å². The molecule has 0 radical (unpaired) electrons. The average molecular weight is 463 g/mol. The van der Waals surface area contributed by atoms with Gasteiger partial charge in [-0.15, -0.1) is 0 Å². The number of phenols is 1. The molecule has 8 nitrogen and oxygen atoms in total. The number of aromatic amines is 1. The second-order valence-electron chi connectivity index (χ2n) is 8.56. The fraction of sp³-hybridized carbons (Fsp3) is 0.346. The van der Waals surface area contributed by atoms with E-state index in [0.29, 0.717) is 34.8 Å². The quantitative estimate of drug-likeness (QED) is 0.475. The first-order chi connectivity index (χ1) is 16.5. The van der Waals surface area contributed by atoms with Crippen LogP contribution in [0.15, 0.2) is 53.3 Å². The van der Waals surface area contributed by atoms with Crippen LogP contribution in [0.5, 0.6) is 11.5 Å². The Balaban J connectivity index is 1.39. The molecule has 4 rings (SSSR count). The number of hydrogen-bond donors (Lipinski definition) is 3. The molecule has 1 aliphatic rings. The van der Waals surface area contributed by atoms with Gasteiger partial charge < -0.3 is 25.0 Å². The van der Waals surface area contributed by atoms with E-state index in [1.165, 1.54) is 19.3 Å². The number of carbonyl (C=O) groups excluding carboxylic acids is 1. The van der Waals surface area contributed by atoms with Crippen molar-refractivity contribution in [3.8, 4) is 34.0 Å². The number of aromatic nitrogens is 2. The van der Waals surface area contributed by atoms with Gasteiger partial charge in [0.25, 0.3) is 5.91 Å². The molecule has 3 N–H and O–H groups in total. The van der Waals surface area contributed by atoms with Crippen LogP contribution in [0.2, 0.25) is 0 Å². The minimum atomic E-state index is -0.474. The monoisotopic (exact) mass is 462 g/mol. The van der Waals surface area contributed by atoms with E-state index in [1.807, 2.05) is 6.07 Å². The molecular weight excluding hydrogens is 432 g/mol. The molecule has 0 unspecified atom stereocenters. The lowest BCUT2D eigenvalue weighted by molar-refractivity contribution is -0.123. The second-order valence-corrected chi connectivity index (χ2v) is 8.56. The van der Waals surface area contributed by atoms with Crippen molar-refractivity contribution in [1.29, 1.82) is 0 Å². The number of nitrogens with zero attached hydrogens (tertiary/aromatic N) is 2. The molecule has 8 heteroatoms. The van der Waals surface area contributed by atoms with Gasteiger partial charge >= 0.3 is 5.69 Å². The van der Waals surface area contributed by atoms with E-state index in [0.717, 1.165) is 25.2 Å². The highest BCUT2D eigenvalue weighted by Crippen LogP contribution is 2.27. The highest BCUT2D eigenvalue weighted by atomic mass is 16.5. The summed E-state index contributed by atoms with van der Waals surface area (Å²) in [7, 11) is 0.